The Hall–Kier alpha value is -1.86. The highest BCUT2D eigenvalue weighted by atomic mass is 32.2. The fraction of sp³-hybridized carbons (Fsp3) is 0.308. The highest BCUT2D eigenvalue weighted by Crippen LogP contribution is 2.20. The zero-order valence-corrected chi connectivity index (χ0v) is 12.3. The van der Waals surface area contributed by atoms with Crippen molar-refractivity contribution in [2.75, 3.05) is 4.72 Å². The summed E-state index contributed by atoms with van der Waals surface area (Å²) in [6.45, 7) is 3.83. The largest absolute Gasteiger partial charge is 0.326 e. The average Bonchev–Trinajstić information content (AvgIpc) is 2.70. The molecule has 0 atom stereocenters. The van der Waals surface area contributed by atoms with E-state index in [0.717, 1.165) is 5.56 Å². The molecule has 6 nitrogen and oxygen atoms in total. The normalized spacial score (nSPS) is 11.6. The number of nitrogens with two attached hydrogens (primary N) is 1. The molecule has 0 fully saturated rings. The molecule has 1 aromatic heterocycles. The van der Waals surface area contributed by atoms with Gasteiger partial charge in [0.05, 0.1) is 22.8 Å². The summed E-state index contributed by atoms with van der Waals surface area (Å²) in [5, 5.41) is 6.72. The van der Waals surface area contributed by atoms with Crippen molar-refractivity contribution in [3.8, 4) is 0 Å². The maximum atomic E-state index is 12.2. The summed E-state index contributed by atoms with van der Waals surface area (Å²) in [4.78, 5) is 0. The molecular formula is C13H18N4O2S. The lowest BCUT2D eigenvalue weighted by Gasteiger charge is -2.10. The van der Waals surface area contributed by atoms with Gasteiger partial charge in [-0.1, -0.05) is 24.3 Å². The molecule has 0 aliphatic rings. The van der Waals surface area contributed by atoms with E-state index in [1.54, 1.807) is 26.0 Å². The van der Waals surface area contributed by atoms with Crippen LogP contribution in [0.4, 0.5) is 5.69 Å². The Bertz CT molecular complexity index is 687. The molecule has 108 valence electrons. The molecule has 20 heavy (non-hydrogen) atoms. The van der Waals surface area contributed by atoms with Crippen molar-refractivity contribution < 1.29 is 8.42 Å². The fourth-order valence-electron chi connectivity index (χ4n) is 2.00. The van der Waals surface area contributed by atoms with Gasteiger partial charge in [0.25, 0.3) is 0 Å². The van der Waals surface area contributed by atoms with Crippen LogP contribution in [0.2, 0.25) is 0 Å². The van der Waals surface area contributed by atoms with E-state index in [-0.39, 0.29) is 5.75 Å². The summed E-state index contributed by atoms with van der Waals surface area (Å²) >= 11 is 0. The molecule has 0 bridgehead atoms. The van der Waals surface area contributed by atoms with Crippen LogP contribution in [-0.2, 0) is 22.3 Å². The number of H-pyrrole nitrogens is 1. The van der Waals surface area contributed by atoms with Gasteiger partial charge in [0, 0.05) is 6.54 Å². The summed E-state index contributed by atoms with van der Waals surface area (Å²) in [5.41, 5.74) is 8.99. The minimum absolute atomic E-state index is 0.107. The number of aromatic amines is 1. The molecule has 0 amide bonds. The second-order valence-electron chi connectivity index (χ2n) is 4.64. The molecule has 0 unspecified atom stereocenters. The Labute approximate surface area is 118 Å². The van der Waals surface area contributed by atoms with E-state index in [9.17, 15) is 8.42 Å². The third-order valence-electron chi connectivity index (χ3n) is 3.07. The average molecular weight is 294 g/mol. The SMILES string of the molecule is Cc1n[nH]c(C)c1NS(=O)(=O)Cc1ccccc1CN. The second kappa shape index (κ2) is 5.64. The maximum Gasteiger partial charge on any atom is 0.237 e. The van der Waals surface area contributed by atoms with Crippen molar-refractivity contribution in [2.24, 2.45) is 5.73 Å². The molecule has 2 aromatic rings. The third-order valence-corrected chi connectivity index (χ3v) is 4.28. The van der Waals surface area contributed by atoms with Crippen LogP contribution in [-0.4, -0.2) is 18.6 Å². The molecule has 1 aromatic carbocycles. The van der Waals surface area contributed by atoms with E-state index >= 15 is 0 Å². The van der Waals surface area contributed by atoms with Gasteiger partial charge in [0.15, 0.2) is 0 Å². The molecule has 0 aliphatic heterocycles. The van der Waals surface area contributed by atoms with E-state index in [1.807, 2.05) is 12.1 Å². The van der Waals surface area contributed by atoms with Gasteiger partial charge in [-0.25, -0.2) is 8.42 Å². The first kappa shape index (κ1) is 14.5. The Balaban J connectivity index is 2.24. The molecule has 4 N–H and O–H groups in total. The quantitative estimate of drug-likeness (QED) is 0.776. The van der Waals surface area contributed by atoms with Gasteiger partial charge in [-0.3, -0.25) is 9.82 Å². The van der Waals surface area contributed by atoms with Crippen LogP contribution in [0.5, 0.6) is 0 Å². The van der Waals surface area contributed by atoms with Crippen LogP contribution in [0.15, 0.2) is 24.3 Å². The van der Waals surface area contributed by atoms with Crippen molar-refractivity contribution in [1.82, 2.24) is 10.2 Å². The zero-order valence-electron chi connectivity index (χ0n) is 11.5. The first-order valence-corrected chi connectivity index (χ1v) is 7.87. The molecule has 0 saturated heterocycles. The van der Waals surface area contributed by atoms with Crippen LogP contribution in [0.1, 0.15) is 22.5 Å². The minimum Gasteiger partial charge on any atom is -0.326 e. The van der Waals surface area contributed by atoms with E-state index in [4.69, 9.17) is 5.73 Å². The number of rotatable bonds is 5. The molecule has 0 aliphatic carbocycles. The molecular weight excluding hydrogens is 276 g/mol. The fourth-order valence-corrected chi connectivity index (χ4v) is 3.37. The van der Waals surface area contributed by atoms with Gasteiger partial charge < -0.3 is 5.73 Å². The Morgan fingerprint density at radius 3 is 2.45 bits per heavy atom. The van der Waals surface area contributed by atoms with Crippen molar-refractivity contribution in [3.05, 3.63) is 46.8 Å². The van der Waals surface area contributed by atoms with Gasteiger partial charge >= 0.3 is 0 Å². The van der Waals surface area contributed by atoms with E-state index in [2.05, 4.69) is 14.9 Å². The smallest absolute Gasteiger partial charge is 0.237 e. The van der Waals surface area contributed by atoms with Crippen LogP contribution in [0.25, 0.3) is 0 Å². The van der Waals surface area contributed by atoms with E-state index < -0.39 is 10.0 Å². The number of hydrogen-bond donors (Lipinski definition) is 3. The predicted octanol–water partition coefficient (Wildman–Crippen LogP) is 1.43. The molecule has 7 heteroatoms. The summed E-state index contributed by atoms with van der Waals surface area (Å²) in [5.74, 6) is -0.107. The molecule has 0 spiro atoms. The molecule has 1 heterocycles. The molecule has 0 radical (unpaired) electrons. The predicted molar refractivity (Wildman–Crippen MR) is 78.6 cm³/mol. The van der Waals surface area contributed by atoms with Crippen molar-refractivity contribution in [1.29, 1.82) is 0 Å². The van der Waals surface area contributed by atoms with Crippen LogP contribution < -0.4 is 10.5 Å². The van der Waals surface area contributed by atoms with Gasteiger partial charge in [-0.15, -0.1) is 0 Å². The summed E-state index contributed by atoms with van der Waals surface area (Å²) < 4.78 is 27.1. The van der Waals surface area contributed by atoms with Crippen LogP contribution in [0.3, 0.4) is 0 Å². The topological polar surface area (TPSA) is 101 Å². The van der Waals surface area contributed by atoms with Crippen molar-refractivity contribution in [2.45, 2.75) is 26.1 Å². The number of aryl methyl sites for hydroxylation is 2. The number of anilines is 1. The summed E-state index contributed by atoms with van der Waals surface area (Å²) in [6, 6.07) is 7.25. The third kappa shape index (κ3) is 3.17. The standard InChI is InChI=1S/C13H18N4O2S/c1-9-13(10(2)16-15-9)17-20(18,19)8-12-6-4-3-5-11(12)7-14/h3-6,17H,7-8,14H2,1-2H3,(H,15,16). The van der Waals surface area contributed by atoms with E-state index in [0.29, 0.717) is 29.2 Å². The van der Waals surface area contributed by atoms with E-state index in [1.165, 1.54) is 0 Å². The molecule has 0 saturated carbocycles. The highest BCUT2D eigenvalue weighted by molar-refractivity contribution is 7.91. The monoisotopic (exact) mass is 294 g/mol. The lowest BCUT2D eigenvalue weighted by molar-refractivity contribution is 0.600. The Kier molecular flexibility index (Phi) is 4.10. The highest BCUT2D eigenvalue weighted by Gasteiger charge is 2.17. The number of benzene rings is 1. The van der Waals surface area contributed by atoms with Gasteiger partial charge in [-0.05, 0) is 25.0 Å². The molecule has 2 rings (SSSR count). The minimum atomic E-state index is -3.50. The number of nitrogens with one attached hydrogen (secondary N) is 2. The number of aromatic nitrogens is 2. The van der Waals surface area contributed by atoms with Gasteiger partial charge in [0.1, 0.15) is 0 Å². The number of nitrogens with zero attached hydrogens (tertiary/aromatic N) is 1. The zero-order chi connectivity index (χ0) is 14.8. The Morgan fingerprint density at radius 1 is 1.25 bits per heavy atom. The number of sulfonamides is 1. The van der Waals surface area contributed by atoms with Crippen molar-refractivity contribution >= 4 is 15.7 Å². The number of hydrogen-bond acceptors (Lipinski definition) is 4. The van der Waals surface area contributed by atoms with Crippen LogP contribution in [0, 0.1) is 13.8 Å². The lowest BCUT2D eigenvalue weighted by Crippen LogP contribution is -2.17. The summed E-state index contributed by atoms with van der Waals surface area (Å²) in [6.07, 6.45) is 0. The van der Waals surface area contributed by atoms with Gasteiger partial charge in [0.2, 0.25) is 10.0 Å². The Morgan fingerprint density at radius 2 is 1.90 bits per heavy atom. The lowest BCUT2D eigenvalue weighted by atomic mass is 10.1. The summed E-state index contributed by atoms with van der Waals surface area (Å²) in [7, 11) is -3.50. The van der Waals surface area contributed by atoms with Crippen LogP contribution >= 0.6 is 0 Å². The second-order valence-corrected chi connectivity index (χ2v) is 6.37. The maximum absolute atomic E-state index is 12.2. The first-order valence-electron chi connectivity index (χ1n) is 6.22. The first-order chi connectivity index (χ1) is 9.43. The van der Waals surface area contributed by atoms with Gasteiger partial charge in [-0.2, -0.15) is 5.10 Å². The van der Waals surface area contributed by atoms with Crippen molar-refractivity contribution in [3.63, 3.8) is 0 Å².